The molecule has 0 saturated heterocycles. The molecule has 0 aromatic heterocycles. The lowest BCUT2D eigenvalue weighted by Crippen LogP contribution is -2.14. The van der Waals surface area contributed by atoms with Gasteiger partial charge in [-0.1, -0.05) is 0 Å². The zero-order valence-electron chi connectivity index (χ0n) is 12.5. The monoisotopic (exact) mass is 462 g/mol. The van der Waals surface area contributed by atoms with E-state index < -0.39 is 10.0 Å². The highest BCUT2D eigenvalue weighted by molar-refractivity contribution is 14.1. The standard InChI is InChI=1S/C15H15IN2O3S2/c1-10(19)17-14-9-13(7-8-15(14)22-2)23(20,21)18-12-5-3-11(16)4-6-12/h3-9,18H,1-2H3,(H,17,19). The van der Waals surface area contributed by atoms with Crippen molar-refractivity contribution >= 4 is 61.7 Å². The average molecular weight is 462 g/mol. The van der Waals surface area contributed by atoms with Gasteiger partial charge in [-0.15, -0.1) is 11.8 Å². The Bertz CT molecular complexity index is 821. The number of hydrogen-bond donors (Lipinski definition) is 2. The molecule has 0 fully saturated rings. The first-order valence-corrected chi connectivity index (χ1v) is 10.3. The zero-order valence-corrected chi connectivity index (χ0v) is 16.3. The minimum atomic E-state index is -3.72. The van der Waals surface area contributed by atoms with Gasteiger partial charge in [0.2, 0.25) is 5.91 Å². The van der Waals surface area contributed by atoms with Gasteiger partial charge in [-0.3, -0.25) is 9.52 Å². The first kappa shape index (κ1) is 18.1. The van der Waals surface area contributed by atoms with E-state index in [4.69, 9.17) is 0 Å². The number of carbonyl (C=O) groups is 1. The van der Waals surface area contributed by atoms with Crippen molar-refractivity contribution in [2.24, 2.45) is 0 Å². The smallest absolute Gasteiger partial charge is 0.261 e. The zero-order chi connectivity index (χ0) is 17.0. The lowest BCUT2D eigenvalue weighted by Gasteiger charge is -2.12. The number of nitrogens with one attached hydrogen (secondary N) is 2. The maximum absolute atomic E-state index is 12.5. The van der Waals surface area contributed by atoms with Crippen molar-refractivity contribution < 1.29 is 13.2 Å². The molecular weight excluding hydrogens is 447 g/mol. The number of sulfonamides is 1. The third-order valence-corrected chi connectivity index (χ3v) is 5.78. The van der Waals surface area contributed by atoms with Crippen LogP contribution in [0.1, 0.15) is 6.92 Å². The van der Waals surface area contributed by atoms with Gasteiger partial charge in [0.05, 0.1) is 10.6 Å². The summed E-state index contributed by atoms with van der Waals surface area (Å²) in [4.78, 5) is 12.2. The second-order valence-corrected chi connectivity index (χ2v) is 8.43. The van der Waals surface area contributed by atoms with Crippen LogP contribution >= 0.6 is 34.4 Å². The minimum absolute atomic E-state index is 0.0950. The Kier molecular flexibility index (Phi) is 5.93. The molecule has 0 bridgehead atoms. The number of amides is 1. The number of carbonyl (C=O) groups excluding carboxylic acids is 1. The van der Waals surface area contributed by atoms with Gasteiger partial charge in [-0.25, -0.2) is 8.42 Å². The van der Waals surface area contributed by atoms with Crippen LogP contribution in [0.3, 0.4) is 0 Å². The van der Waals surface area contributed by atoms with Crippen molar-refractivity contribution in [2.45, 2.75) is 16.7 Å². The van der Waals surface area contributed by atoms with E-state index >= 15 is 0 Å². The quantitative estimate of drug-likeness (QED) is 0.524. The van der Waals surface area contributed by atoms with Crippen LogP contribution in [0.25, 0.3) is 0 Å². The van der Waals surface area contributed by atoms with Gasteiger partial charge in [0.15, 0.2) is 0 Å². The maximum Gasteiger partial charge on any atom is 0.261 e. The SMILES string of the molecule is CSc1ccc(S(=O)(=O)Nc2ccc(I)cc2)cc1NC(C)=O. The number of anilines is 2. The van der Waals surface area contributed by atoms with E-state index in [-0.39, 0.29) is 10.8 Å². The molecule has 1 amide bonds. The predicted octanol–water partition coefficient (Wildman–Crippen LogP) is 3.77. The number of rotatable bonds is 5. The topological polar surface area (TPSA) is 75.3 Å². The van der Waals surface area contributed by atoms with E-state index in [0.717, 1.165) is 8.47 Å². The van der Waals surface area contributed by atoms with Crippen molar-refractivity contribution in [1.29, 1.82) is 0 Å². The highest BCUT2D eigenvalue weighted by Gasteiger charge is 2.16. The highest BCUT2D eigenvalue weighted by atomic mass is 127. The Labute approximate surface area is 153 Å². The number of benzene rings is 2. The van der Waals surface area contributed by atoms with E-state index in [0.29, 0.717) is 11.4 Å². The summed E-state index contributed by atoms with van der Waals surface area (Å²) < 4.78 is 28.5. The molecule has 0 aliphatic heterocycles. The van der Waals surface area contributed by atoms with E-state index in [2.05, 4.69) is 32.6 Å². The fraction of sp³-hybridized carbons (Fsp3) is 0.133. The van der Waals surface area contributed by atoms with Crippen LogP contribution in [0.15, 0.2) is 52.3 Å². The lowest BCUT2D eigenvalue weighted by atomic mass is 10.3. The van der Waals surface area contributed by atoms with Crippen LogP contribution in [0, 0.1) is 3.57 Å². The fourth-order valence-corrected chi connectivity index (χ4v) is 3.85. The largest absolute Gasteiger partial charge is 0.325 e. The van der Waals surface area contributed by atoms with Crippen LogP contribution in [-0.2, 0) is 14.8 Å². The fourth-order valence-electron chi connectivity index (χ4n) is 1.87. The van der Waals surface area contributed by atoms with Crippen LogP contribution in [0.5, 0.6) is 0 Å². The lowest BCUT2D eigenvalue weighted by molar-refractivity contribution is -0.114. The van der Waals surface area contributed by atoms with E-state index in [1.165, 1.54) is 30.8 Å². The van der Waals surface area contributed by atoms with Crippen LogP contribution in [0.4, 0.5) is 11.4 Å². The molecule has 0 heterocycles. The van der Waals surface area contributed by atoms with Gasteiger partial charge >= 0.3 is 0 Å². The average Bonchev–Trinajstić information content (AvgIpc) is 2.49. The molecule has 0 atom stereocenters. The van der Waals surface area contributed by atoms with E-state index in [1.807, 2.05) is 18.4 Å². The van der Waals surface area contributed by atoms with Crippen LogP contribution in [-0.4, -0.2) is 20.6 Å². The number of thioether (sulfide) groups is 1. The van der Waals surface area contributed by atoms with Gasteiger partial charge in [0.1, 0.15) is 0 Å². The predicted molar refractivity (Wildman–Crippen MR) is 102 cm³/mol. The third kappa shape index (κ3) is 4.85. The van der Waals surface area contributed by atoms with Crippen molar-refractivity contribution in [3.8, 4) is 0 Å². The molecule has 0 aliphatic carbocycles. The molecule has 0 spiro atoms. The van der Waals surface area contributed by atoms with Crippen molar-refractivity contribution in [3.05, 3.63) is 46.0 Å². The van der Waals surface area contributed by atoms with Crippen molar-refractivity contribution in [2.75, 3.05) is 16.3 Å². The number of halogens is 1. The molecule has 2 aromatic carbocycles. The first-order chi connectivity index (χ1) is 10.8. The molecular formula is C15H15IN2O3S2. The summed E-state index contributed by atoms with van der Waals surface area (Å²) in [6, 6.07) is 11.7. The van der Waals surface area contributed by atoms with Gasteiger partial charge in [-0.2, -0.15) is 0 Å². The molecule has 0 saturated carbocycles. The molecule has 0 aliphatic rings. The van der Waals surface area contributed by atoms with Crippen LogP contribution in [0.2, 0.25) is 0 Å². The molecule has 2 rings (SSSR count). The summed E-state index contributed by atoms with van der Waals surface area (Å²) in [5, 5.41) is 2.66. The first-order valence-electron chi connectivity index (χ1n) is 6.56. The Morgan fingerprint density at radius 2 is 1.78 bits per heavy atom. The second-order valence-electron chi connectivity index (χ2n) is 4.66. The van der Waals surface area contributed by atoms with Gasteiger partial charge in [0, 0.05) is 21.1 Å². The Balaban J connectivity index is 2.35. The molecule has 2 aromatic rings. The van der Waals surface area contributed by atoms with Gasteiger partial charge in [-0.05, 0) is 71.3 Å². The minimum Gasteiger partial charge on any atom is -0.325 e. The highest BCUT2D eigenvalue weighted by Crippen LogP contribution is 2.29. The number of hydrogen-bond acceptors (Lipinski definition) is 4. The molecule has 0 unspecified atom stereocenters. The van der Waals surface area contributed by atoms with Gasteiger partial charge < -0.3 is 5.32 Å². The summed E-state index contributed by atoms with van der Waals surface area (Å²) in [5.74, 6) is -0.250. The third-order valence-electron chi connectivity index (χ3n) is 2.89. The Hall–Kier alpha value is -1.26. The molecule has 122 valence electrons. The van der Waals surface area contributed by atoms with Crippen LogP contribution < -0.4 is 10.0 Å². The van der Waals surface area contributed by atoms with E-state index in [9.17, 15) is 13.2 Å². The molecule has 8 heteroatoms. The summed E-state index contributed by atoms with van der Waals surface area (Å²) in [5.41, 5.74) is 0.968. The second kappa shape index (κ2) is 7.54. The summed E-state index contributed by atoms with van der Waals surface area (Å²) in [6.07, 6.45) is 1.86. The van der Waals surface area contributed by atoms with Gasteiger partial charge in [0.25, 0.3) is 10.0 Å². The summed E-state index contributed by atoms with van der Waals surface area (Å²) in [7, 11) is -3.72. The molecule has 0 radical (unpaired) electrons. The molecule has 5 nitrogen and oxygen atoms in total. The van der Waals surface area contributed by atoms with Crippen molar-refractivity contribution in [3.63, 3.8) is 0 Å². The van der Waals surface area contributed by atoms with E-state index in [1.54, 1.807) is 18.2 Å². The molecule has 2 N–H and O–H groups in total. The summed E-state index contributed by atoms with van der Waals surface area (Å²) >= 11 is 3.58. The molecule has 23 heavy (non-hydrogen) atoms. The normalized spacial score (nSPS) is 11.1. The maximum atomic E-state index is 12.5. The summed E-state index contributed by atoms with van der Waals surface area (Å²) in [6.45, 7) is 1.38. The Morgan fingerprint density at radius 1 is 1.13 bits per heavy atom. The van der Waals surface area contributed by atoms with Crippen molar-refractivity contribution in [1.82, 2.24) is 0 Å². The Morgan fingerprint density at radius 3 is 2.35 bits per heavy atom.